The largest absolute Gasteiger partial charge is 0.371 e. The lowest BCUT2D eigenvalue weighted by Crippen LogP contribution is -2.41. The SMILES string of the molecule is Cc1[nH]c2ccccc2c1C(=O)C(=O)N(C)CC1Cc2ccccc2CO1. The highest BCUT2D eigenvalue weighted by molar-refractivity contribution is 6.45. The first-order valence-corrected chi connectivity index (χ1v) is 9.10. The van der Waals surface area contributed by atoms with Gasteiger partial charge >= 0.3 is 0 Å². The summed E-state index contributed by atoms with van der Waals surface area (Å²) in [7, 11) is 1.66. The topological polar surface area (TPSA) is 62.4 Å². The normalized spacial score (nSPS) is 16.1. The van der Waals surface area contributed by atoms with Gasteiger partial charge in [-0.2, -0.15) is 0 Å². The van der Waals surface area contributed by atoms with Gasteiger partial charge in [-0.15, -0.1) is 0 Å². The van der Waals surface area contributed by atoms with Crippen molar-refractivity contribution in [2.75, 3.05) is 13.6 Å². The van der Waals surface area contributed by atoms with Gasteiger partial charge in [0.15, 0.2) is 0 Å². The van der Waals surface area contributed by atoms with Gasteiger partial charge in [0.05, 0.1) is 18.3 Å². The summed E-state index contributed by atoms with van der Waals surface area (Å²) in [6.07, 6.45) is 0.638. The summed E-state index contributed by atoms with van der Waals surface area (Å²) in [5, 5.41) is 0.782. The molecule has 4 rings (SSSR count). The molecule has 138 valence electrons. The number of likely N-dealkylation sites (N-methyl/N-ethyl adjacent to an activating group) is 1. The van der Waals surface area contributed by atoms with E-state index in [4.69, 9.17) is 4.74 Å². The molecule has 1 N–H and O–H groups in total. The monoisotopic (exact) mass is 362 g/mol. The van der Waals surface area contributed by atoms with E-state index in [0.29, 0.717) is 24.4 Å². The lowest BCUT2D eigenvalue weighted by molar-refractivity contribution is -0.127. The average Bonchev–Trinajstić information content (AvgIpc) is 3.02. The number of para-hydroxylation sites is 1. The van der Waals surface area contributed by atoms with Gasteiger partial charge in [0, 0.05) is 36.6 Å². The molecule has 5 nitrogen and oxygen atoms in total. The van der Waals surface area contributed by atoms with Crippen LogP contribution in [-0.4, -0.2) is 41.3 Å². The number of aryl methyl sites for hydroxylation is 1. The van der Waals surface area contributed by atoms with Crippen molar-refractivity contribution in [3.8, 4) is 0 Å². The van der Waals surface area contributed by atoms with E-state index in [0.717, 1.165) is 17.3 Å². The van der Waals surface area contributed by atoms with Crippen LogP contribution in [0.2, 0.25) is 0 Å². The summed E-state index contributed by atoms with van der Waals surface area (Å²) in [4.78, 5) is 30.3. The zero-order valence-electron chi connectivity index (χ0n) is 15.5. The number of aromatic amines is 1. The Bertz CT molecular complexity index is 1020. The van der Waals surface area contributed by atoms with Gasteiger partial charge in [-0.3, -0.25) is 9.59 Å². The number of benzene rings is 2. The quantitative estimate of drug-likeness (QED) is 0.572. The summed E-state index contributed by atoms with van der Waals surface area (Å²) in [6.45, 7) is 2.75. The minimum Gasteiger partial charge on any atom is -0.371 e. The molecule has 1 unspecified atom stereocenters. The number of nitrogens with one attached hydrogen (secondary N) is 1. The molecule has 0 fully saturated rings. The molecule has 1 aliphatic heterocycles. The van der Waals surface area contributed by atoms with Gasteiger partial charge in [0.1, 0.15) is 0 Å². The molecule has 0 saturated heterocycles. The van der Waals surface area contributed by atoms with Crippen LogP contribution in [0.5, 0.6) is 0 Å². The Balaban J connectivity index is 1.49. The van der Waals surface area contributed by atoms with Crippen LogP contribution in [0.15, 0.2) is 48.5 Å². The van der Waals surface area contributed by atoms with E-state index in [2.05, 4.69) is 17.1 Å². The number of hydrogen-bond donors (Lipinski definition) is 1. The summed E-state index contributed by atoms with van der Waals surface area (Å²) < 4.78 is 5.88. The Morgan fingerprint density at radius 1 is 1.11 bits per heavy atom. The van der Waals surface area contributed by atoms with Gasteiger partial charge in [-0.1, -0.05) is 42.5 Å². The predicted octanol–water partition coefficient (Wildman–Crippen LogP) is 3.26. The van der Waals surface area contributed by atoms with E-state index >= 15 is 0 Å². The first-order valence-electron chi connectivity index (χ1n) is 9.10. The van der Waals surface area contributed by atoms with Crippen LogP contribution < -0.4 is 0 Å². The number of ether oxygens (including phenoxy) is 1. The Kier molecular flexibility index (Phi) is 4.54. The summed E-state index contributed by atoms with van der Waals surface area (Å²) in [5.74, 6) is -0.992. The highest BCUT2D eigenvalue weighted by atomic mass is 16.5. The summed E-state index contributed by atoms with van der Waals surface area (Å²) in [5.41, 5.74) is 4.46. The zero-order valence-corrected chi connectivity index (χ0v) is 15.5. The second kappa shape index (κ2) is 7.00. The molecule has 0 aliphatic carbocycles. The summed E-state index contributed by atoms with van der Waals surface area (Å²) >= 11 is 0. The van der Waals surface area contributed by atoms with Crippen LogP contribution in [0, 0.1) is 6.92 Å². The third-order valence-electron chi connectivity index (χ3n) is 5.18. The van der Waals surface area contributed by atoms with Gasteiger partial charge < -0.3 is 14.6 Å². The number of rotatable bonds is 4. The molecule has 0 saturated carbocycles. The minimum absolute atomic E-state index is 0.106. The smallest absolute Gasteiger partial charge is 0.294 e. The summed E-state index contributed by atoms with van der Waals surface area (Å²) in [6, 6.07) is 15.7. The molecule has 1 aliphatic rings. The maximum absolute atomic E-state index is 12.9. The Morgan fingerprint density at radius 3 is 2.63 bits per heavy atom. The molecule has 0 radical (unpaired) electrons. The van der Waals surface area contributed by atoms with Crippen molar-refractivity contribution in [3.63, 3.8) is 0 Å². The minimum atomic E-state index is -0.509. The van der Waals surface area contributed by atoms with Crippen molar-refractivity contribution < 1.29 is 14.3 Å². The van der Waals surface area contributed by atoms with Gasteiger partial charge in [0.25, 0.3) is 11.7 Å². The number of ketones is 1. The zero-order chi connectivity index (χ0) is 19.0. The number of Topliss-reactive ketones (excluding diaryl/α,β-unsaturated/α-hetero) is 1. The number of aromatic nitrogens is 1. The van der Waals surface area contributed by atoms with E-state index in [9.17, 15) is 9.59 Å². The van der Waals surface area contributed by atoms with Crippen LogP contribution in [0.3, 0.4) is 0 Å². The maximum atomic E-state index is 12.9. The van der Waals surface area contributed by atoms with Gasteiger partial charge in [0.2, 0.25) is 0 Å². The first-order chi connectivity index (χ1) is 13.0. The number of fused-ring (bicyclic) bond motifs is 2. The van der Waals surface area contributed by atoms with Crippen LogP contribution >= 0.6 is 0 Å². The molecule has 1 amide bonds. The molecule has 2 aromatic carbocycles. The molecule has 1 atom stereocenters. The molecular formula is C22H22N2O3. The van der Waals surface area contributed by atoms with E-state index < -0.39 is 11.7 Å². The van der Waals surface area contributed by atoms with E-state index in [1.807, 2.05) is 43.3 Å². The number of nitrogens with zero attached hydrogens (tertiary/aromatic N) is 1. The fraction of sp³-hybridized carbons (Fsp3) is 0.273. The van der Waals surface area contributed by atoms with E-state index in [-0.39, 0.29) is 6.10 Å². The van der Waals surface area contributed by atoms with Crippen LogP contribution in [0.1, 0.15) is 27.2 Å². The van der Waals surface area contributed by atoms with Crippen molar-refractivity contribution in [1.29, 1.82) is 0 Å². The van der Waals surface area contributed by atoms with Gasteiger partial charge in [-0.05, 0) is 24.1 Å². The molecule has 0 bridgehead atoms. The Hall–Kier alpha value is -2.92. The first kappa shape index (κ1) is 17.5. The van der Waals surface area contributed by atoms with Crippen molar-refractivity contribution in [1.82, 2.24) is 9.88 Å². The molecule has 1 aromatic heterocycles. The number of hydrogen-bond acceptors (Lipinski definition) is 3. The van der Waals surface area contributed by atoms with Crippen molar-refractivity contribution >= 4 is 22.6 Å². The fourth-order valence-electron chi connectivity index (χ4n) is 3.76. The Labute approximate surface area is 157 Å². The number of carbonyl (C=O) groups excluding carboxylic acids is 2. The molecular weight excluding hydrogens is 340 g/mol. The van der Waals surface area contributed by atoms with Gasteiger partial charge in [-0.25, -0.2) is 0 Å². The molecule has 0 spiro atoms. The standard InChI is InChI=1S/C22H22N2O3/c1-14-20(18-9-5-6-10-19(18)23-14)21(25)22(26)24(2)12-17-11-15-7-3-4-8-16(15)13-27-17/h3-10,17,23H,11-13H2,1-2H3. The number of H-pyrrole nitrogens is 1. The third kappa shape index (κ3) is 3.26. The Morgan fingerprint density at radius 2 is 1.81 bits per heavy atom. The van der Waals surface area contributed by atoms with E-state index in [1.165, 1.54) is 16.0 Å². The van der Waals surface area contributed by atoms with Crippen molar-refractivity contribution in [2.24, 2.45) is 0 Å². The molecule has 2 heterocycles. The molecule has 5 heteroatoms. The highest BCUT2D eigenvalue weighted by Gasteiger charge is 2.28. The lowest BCUT2D eigenvalue weighted by atomic mass is 9.99. The van der Waals surface area contributed by atoms with Crippen LogP contribution in [-0.2, 0) is 22.6 Å². The second-order valence-corrected chi connectivity index (χ2v) is 7.09. The maximum Gasteiger partial charge on any atom is 0.294 e. The second-order valence-electron chi connectivity index (χ2n) is 7.09. The molecule has 3 aromatic rings. The number of amides is 1. The lowest BCUT2D eigenvalue weighted by Gasteiger charge is -2.28. The predicted molar refractivity (Wildman–Crippen MR) is 104 cm³/mol. The van der Waals surface area contributed by atoms with Crippen molar-refractivity contribution in [2.45, 2.75) is 26.1 Å². The molecule has 27 heavy (non-hydrogen) atoms. The van der Waals surface area contributed by atoms with Crippen LogP contribution in [0.25, 0.3) is 10.9 Å². The average molecular weight is 362 g/mol. The van der Waals surface area contributed by atoms with Crippen molar-refractivity contribution in [3.05, 3.63) is 70.9 Å². The highest BCUT2D eigenvalue weighted by Crippen LogP contribution is 2.24. The van der Waals surface area contributed by atoms with E-state index in [1.54, 1.807) is 7.05 Å². The fourth-order valence-corrected chi connectivity index (χ4v) is 3.76. The van der Waals surface area contributed by atoms with Crippen LogP contribution in [0.4, 0.5) is 0 Å². The third-order valence-corrected chi connectivity index (χ3v) is 5.18. The number of carbonyl (C=O) groups is 2.